The van der Waals surface area contributed by atoms with Gasteiger partial charge < -0.3 is 24.8 Å². The summed E-state index contributed by atoms with van der Waals surface area (Å²) in [6, 6.07) is 26.7. The van der Waals surface area contributed by atoms with Crippen LogP contribution in [0, 0.1) is 0 Å². The maximum atomic E-state index is 12.8. The molecule has 0 spiro atoms. The summed E-state index contributed by atoms with van der Waals surface area (Å²) in [5, 5.41) is 5.72. The van der Waals surface area contributed by atoms with Crippen LogP contribution in [0.2, 0.25) is 0 Å². The maximum Gasteiger partial charge on any atom is 0.259 e. The number of fused-ring (bicyclic) bond motifs is 2. The van der Waals surface area contributed by atoms with Crippen molar-refractivity contribution < 1.29 is 23.8 Å². The zero-order chi connectivity index (χ0) is 24.2. The van der Waals surface area contributed by atoms with E-state index in [1.807, 2.05) is 48.5 Å². The Morgan fingerprint density at radius 1 is 0.857 bits per heavy atom. The fourth-order valence-electron chi connectivity index (χ4n) is 3.69. The van der Waals surface area contributed by atoms with Crippen LogP contribution >= 0.6 is 0 Å². The van der Waals surface area contributed by atoms with Gasteiger partial charge in [-0.25, -0.2) is 0 Å². The van der Waals surface area contributed by atoms with Gasteiger partial charge in [-0.3, -0.25) is 9.59 Å². The number of para-hydroxylation sites is 1. The van der Waals surface area contributed by atoms with Gasteiger partial charge in [0.1, 0.15) is 23.0 Å². The van der Waals surface area contributed by atoms with E-state index >= 15 is 0 Å². The van der Waals surface area contributed by atoms with Crippen molar-refractivity contribution in [1.29, 1.82) is 0 Å². The Kier molecular flexibility index (Phi) is 6.05. The van der Waals surface area contributed by atoms with E-state index in [0.717, 1.165) is 11.3 Å². The highest BCUT2D eigenvalue weighted by Gasteiger charge is 2.21. The number of benzene rings is 4. The van der Waals surface area contributed by atoms with Crippen LogP contribution in [0.1, 0.15) is 26.3 Å². The number of rotatable bonds is 6. The first-order valence-electron chi connectivity index (χ1n) is 11.0. The summed E-state index contributed by atoms with van der Waals surface area (Å²) in [6.07, 6.45) is 0. The minimum atomic E-state index is -0.286. The fourth-order valence-corrected chi connectivity index (χ4v) is 3.69. The molecule has 35 heavy (non-hydrogen) atoms. The molecule has 4 aromatic rings. The third-order valence-corrected chi connectivity index (χ3v) is 5.49. The SMILES string of the molecule is COc1ccc(Oc2cccc(CNC(=O)c3ccc4c(c3)NC(=O)c3ccccc3O4)c2)cc1. The molecule has 174 valence electrons. The number of methoxy groups -OCH3 is 1. The van der Waals surface area contributed by atoms with Crippen molar-refractivity contribution in [2.24, 2.45) is 0 Å². The molecule has 1 aliphatic rings. The van der Waals surface area contributed by atoms with Gasteiger partial charge in [0.05, 0.1) is 18.4 Å². The molecule has 2 N–H and O–H groups in total. The van der Waals surface area contributed by atoms with Crippen molar-refractivity contribution >= 4 is 17.5 Å². The van der Waals surface area contributed by atoms with Crippen molar-refractivity contribution in [2.75, 3.05) is 12.4 Å². The van der Waals surface area contributed by atoms with Gasteiger partial charge in [0.15, 0.2) is 5.75 Å². The van der Waals surface area contributed by atoms with E-state index in [1.165, 1.54) is 0 Å². The highest BCUT2D eigenvalue weighted by molar-refractivity contribution is 6.08. The smallest absolute Gasteiger partial charge is 0.259 e. The number of nitrogens with one attached hydrogen (secondary N) is 2. The number of ether oxygens (including phenoxy) is 3. The third-order valence-electron chi connectivity index (χ3n) is 5.49. The third kappa shape index (κ3) is 4.94. The summed E-state index contributed by atoms with van der Waals surface area (Å²) < 4.78 is 16.9. The predicted octanol–water partition coefficient (Wildman–Crippen LogP) is 5.78. The van der Waals surface area contributed by atoms with Crippen LogP contribution in [0.4, 0.5) is 5.69 Å². The van der Waals surface area contributed by atoms with Crippen molar-refractivity contribution in [3.63, 3.8) is 0 Å². The van der Waals surface area contributed by atoms with E-state index in [9.17, 15) is 9.59 Å². The first-order chi connectivity index (χ1) is 17.1. The monoisotopic (exact) mass is 466 g/mol. The molecule has 5 rings (SSSR count). The van der Waals surface area contributed by atoms with Crippen LogP contribution < -0.4 is 24.8 Å². The first kappa shape index (κ1) is 22.0. The van der Waals surface area contributed by atoms with E-state index < -0.39 is 0 Å². The molecule has 1 heterocycles. The van der Waals surface area contributed by atoms with Crippen molar-refractivity contribution in [3.05, 3.63) is 108 Å². The average molecular weight is 466 g/mol. The summed E-state index contributed by atoms with van der Waals surface area (Å²) in [5.74, 6) is 2.48. The van der Waals surface area contributed by atoms with Crippen LogP contribution in [0.5, 0.6) is 28.7 Å². The molecule has 7 nitrogen and oxygen atoms in total. The number of amides is 2. The lowest BCUT2D eigenvalue weighted by atomic mass is 10.1. The lowest BCUT2D eigenvalue weighted by Gasteiger charge is -2.11. The molecule has 0 saturated carbocycles. The normalized spacial score (nSPS) is 11.7. The van der Waals surface area contributed by atoms with Gasteiger partial charge in [0.2, 0.25) is 0 Å². The van der Waals surface area contributed by atoms with Crippen molar-refractivity contribution in [2.45, 2.75) is 6.54 Å². The molecule has 0 saturated heterocycles. The van der Waals surface area contributed by atoms with Gasteiger partial charge >= 0.3 is 0 Å². The quantitative estimate of drug-likeness (QED) is 0.376. The first-order valence-corrected chi connectivity index (χ1v) is 11.0. The second kappa shape index (κ2) is 9.61. The Labute approximate surface area is 202 Å². The second-order valence-electron chi connectivity index (χ2n) is 7.87. The standard InChI is InChI=1S/C28H22N2O5/c1-33-20-10-12-21(13-11-20)34-22-6-4-5-18(15-22)17-29-27(31)19-9-14-26-24(16-19)30-28(32)23-7-2-3-8-25(23)35-26/h2-16H,17H2,1H3,(H,29,31)(H,30,32). The second-order valence-corrected chi connectivity index (χ2v) is 7.87. The van der Waals surface area contributed by atoms with E-state index in [4.69, 9.17) is 14.2 Å². The molecule has 4 aromatic carbocycles. The van der Waals surface area contributed by atoms with Crippen LogP contribution in [0.3, 0.4) is 0 Å². The van der Waals surface area contributed by atoms with Crippen LogP contribution in [-0.2, 0) is 6.54 Å². The van der Waals surface area contributed by atoms with Gasteiger partial charge in [-0.2, -0.15) is 0 Å². The lowest BCUT2D eigenvalue weighted by molar-refractivity contribution is 0.0949. The fraction of sp³-hybridized carbons (Fsp3) is 0.0714. The Morgan fingerprint density at radius 3 is 2.49 bits per heavy atom. The molecular formula is C28H22N2O5. The largest absolute Gasteiger partial charge is 0.497 e. The van der Waals surface area contributed by atoms with Crippen molar-refractivity contribution in [1.82, 2.24) is 5.32 Å². The molecule has 0 aliphatic carbocycles. The molecule has 0 atom stereocenters. The summed E-state index contributed by atoms with van der Waals surface area (Å²) in [7, 11) is 1.61. The van der Waals surface area contributed by atoms with Crippen molar-refractivity contribution in [3.8, 4) is 28.7 Å². The van der Waals surface area contributed by atoms with Gasteiger partial charge in [-0.1, -0.05) is 24.3 Å². The van der Waals surface area contributed by atoms with E-state index in [2.05, 4.69) is 10.6 Å². The molecule has 2 amide bonds. The zero-order valence-corrected chi connectivity index (χ0v) is 18.9. The summed E-state index contributed by atoms with van der Waals surface area (Å²) in [4.78, 5) is 25.4. The molecule has 0 unspecified atom stereocenters. The maximum absolute atomic E-state index is 12.8. The number of carbonyl (C=O) groups excluding carboxylic acids is 2. The number of hydrogen-bond acceptors (Lipinski definition) is 5. The topological polar surface area (TPSA) is 85.9 Å². The van der Waals surface area contributed by atoms with Gasteiger partial charge in [0.25, 0.3) is 11.8 Å². The molecule has 0 fully saturated rings. The van der Waals surface area contributed by atoms with Gasteiger partial charge in [0, 0.05) is 12.1 Å². The zero-order valence-electron chi connectivity index (χ0n) is 18.9. The Hall–Kier alpha value is -4.78. The minimum absolute atomic E-state index is 0.273. The molecule has 0 radical (unpaired) electrons. The predicted molar refractivity (Wildman–Crippen MR) is 132 cm³/mol. The van der Waals surface area contributed by atoms with E-state index in [1.54, 1.807) is 49.6 Å². The number of hydrogen-bond donors (Lipinski definition) is 2. The minimum Gasteiger partial charge on any atom is -0.497 e. The highest BCUT2D eigenvalue weighted by Crippen LogP contribution is 2.36. The van der Waals surface area contributed by atoms with Crippen LogP contribution in [0.25, 0.3) is 0 Å². The summed E-state index contributed by atoms with van der Waals surface area (Å²) >= 11 is 0. The number of anilines is 1. The number of carbonyl (C=O) groups is 2. The molecule has 7 heteroatoms. The Morgan fingerprint density at radius 2 is 1.66 bits per heavy atom. The highest BCUT2D eigenvalue weighted by atomic mass is 16.5. The van der Waals surface area contributed by atoms with E-state index in [-0.39, 0.29) is 11.8 Å². The van der Waals surface area contributed by atoms with Gasteiger partial charge in [-0.15, -0.1) is 0 Å². The summed E-state index contributed by atoms with van der Waals surface area (Å²) in [6.45, 7) is 0.310. The van der Waals surface area contributed by atoms with Crippen LogP contribution in [0.15, 0.2) is 91.0 Å². The molecule has 0 bridgehead atoms. The average Bonchev–Trinajstić information content (AvgIpc) is 3.03. The lowest BCUT2D eigenvalue weighted by Crippen LogP contribution is -2.23. The van der Waals surface area contributed by atoms with Gasteiger partial charge in [-0.05, 0) is 72.3 Å². The van der Waals surface area contributed by atoms with E-state index in [0.29, 0.717) is 46.4 Å². The Balaban J connectivity index is 1.25. The summed E-state index contributed by atoms with van der Waals surface area (Å²) in [5.41, 5.74) is 2.16. The molecule has 1 aliphatic heterocycles. The van der Waals surface area contributed by atoms with Crippen LogP contribution in [-0.4, -0.2) is 18.9 Å². The molecular weight excluding hydrogens is 444 g/mol. The molecule has 0 aromatic heterocycles. The Bertz CT molecular complexity index is 1400.